The molecule has 142 valence electrons. The number of esters is 2. The molecule has 10 heteroatoms. The Kier molecular flexibility index (Phi) is 7.69. The molecule has 0 radical (unpaired) electrons. The summed E-state index contributed by atoms with van der Waals surface area (Å²) in [5.41, 5.74) is -2.48. The fourth-order valence-corrected chi connectivity index (χ4v) is 2.67. The largest absolute Gasteiger partial charge is 0.464 e. The molecule has 0 aliphatic rings. The molecular weight excluding hydrogens is 412 g/mol. The van der Waals surface area contributed by atoms with Gasteiger partial charge < -0.3 is 14.8 Å². The molecule has 1 aromatic rings. The number of amides is 1. The Morgan fingerprint density at radius 1 is 1.19 bits per heavy atom. The van der Waals surface area contributed by atoms with E-state index in [-0.39, 0.29) is 24.5 Å². The van der Waals surface area contributed by atoms with E-state index in [9.17, 15) is 24.5 Å². The molecule has 1 N–H and O–H groups in total. The molecule has 1 aromatic carbocycles. The summed E-state index contributed by atoms with van der Waals surface area (Å²) in [6.07, 6.45) is -0.492. The van der Waals surface area contributed by atoms with Crippen LogP contribution in [-0.2, 0) is 30.3 Å². The highest BCUT2D eigenvalue weighted by Gasteiger charge is 2.51. The van der Waals surface area contributed by atoms with Gasteiger partial charge in [0, 0.05) is 29.4 Å². The first kappa shape index (κ1) is 21.6. The molecule has 0 atom stereocenters. The molecule has 0 fully saturated rings. The number of carbonyl (C=O) groups is 3. The summed E-state index contributed by atoms with van der Waals surface area (Å²) in [7, 11) is 0. The summed E-state index contributed by atoms with van der Waals surface area (Å²) in [6.45, 7) is 4.07. The predicted octanol–water partition coefficient (Wildman–Crippen LogP) is 1.90. The Hall–Kier alpha value is -2.49. The Morgan fingerprint density at radius 3 is 2.15 bits per heavy atom. The van der Waals surface area contributed by atoms with Gasteiger partial charge in [-0.25, -0.2) is 9.59 Å². The van der Waals surface area contributed by atoms with E-state index in [0.717, 1.165) is 6.92 Å². The van der Waals surface area contributed by atoms with Crippen LogP contribution in [0.5, 0.6) is 0 Å². The van der Waals surface area contributed by atoms with Crippen LogP contribution in [0.25, 0.3) is 0 Å². The minimum absolute atomic E-state index is 0.0536. The quantitative estimate of drug-likeness (QED) is 0.289. The van der Waals surface area contributed by atoms with Crippen LogP contribution >= 0.6 is 15.9 Å². The minimum atomic E-state index is -2.23. The number of ether oxygens (including phenoxy) is 2. The van der Waals surface area contributed by atoms with E-state index in [2.05, 4.69) is 21.2 Å². The topological polar surface area (TPSA) is 125 Å². The van der Waals surface area contributed by atoms with Gasteiger partial charge in [0.25, 0.3) is 5.69 Å². The van der Waals surface area contributed by atoms with Gasteiger partial charge in [-0.15, -0.1) is 0 Å². The summed E-state index contributed by atoms with van der Waals surface area (Å²) in [4.78, 5) is 47.5. The van der Waals surface area contributed by atoms with E-state index in [1.54, 1.807) is 0 Å². The van der Waals surface area contributed by atoms with Crippen molar-refractivity contribution in [3.63, 3.8) is 0 Å². The number of nitro benzene ring substituents is 1. The molecule has 9 nitrogen and oxygen atoms in total. The van der Waals surface area contributed by atoms with Gasteiger partial charge in [0.05, 0.1) is 18.1 Å². The van der Waals surface area contributed by atoms with Crippen molar-refractivity contribution in [1.82, 2.24) is 5.32 Å². The van der Waals surface area contributed by atoms with Crippen molar-refractivity contribution in [2.75, 3.05) is 13.2 Å². The molecule has 0 heterocycles. The van der Waals surface area contributed by atoms with E-state index in [1.807, 2.05) is 0 Å². The van der Waals surface area contributed by atoms with E-state index >= 15 is 0 Å². The lowest BCUT2D eigenvalue weighted by Crippen LogP contribution is -2.62. The molecule has 0 unspecified atom stereocenters. The maximum absolute atomic E-state index is 12.6. The molecule has 0 saturated carbocycles. The zero-order valence-corrected chi connectivity index (χ0v) is 16.1. The minimum Gasteiger partial charge on any atom is -0.464 e. The number of hydrogen-bond donors (Lipinski definition) is 1. The normalized spacial score (nSPS) is 10.8. The van der Waals surface area contributed by atoms with Crippen LogP contribution in [0.4, 0.5) is 5.69 Å². The van der Waals surface area contributed by atoms with Gasteiger partial charge in [0.1, 0.15) is 0 Å². The smallest absolute Gasteiger partial charge is 0.344 e. The zero-order valence-electron chi connectivity index (χ0n) is 14.5. The molecular formula is C16H19BrN2O7. The van der Waals surface area contributed by atoms with Crippen molar-refractivity contribution in [2.45, 2.75) is 32.7 Å². The first-order chi connectivity index (χ1) is 12.2. The second-order valence-electron chi connectivity index (χ2n) is 5.23. The van der Waals surface area contributed by atoms with Crippen LogP contribution in [0.15, 0.2) is 22.7 Å². The molecule has 1 amide bonds. The maximum atomic E-state index is 12.6. The average molecular weight is 431 g/mol. The summed E-state index contributed by atoms with van der Waals surface area (Å²) >= 11 is 3.13. The van der Waals surface area contributed by atoms with Crippen LogP contribution in [0.3, 0.4) is 0 Å². The van der Waals surface area contributed by atoms with E-state index in [0.29, 0.717) is 4.47 Å². The van der Waals surface area contributed by atoms with Gasteiger partial charge >= 0.3 is 11.9 Å². The highest BCUT2D eigenvalue weighted by Crippen LogP contribution is 2.28. The van der Waals surface area contributed by atoms with Gasteiger partial charge in [0.15, 0.2) is 0 Å². The lowest BCUT2D eigenvalue weighted by Gasteiger charge is -2.29. The highest BCUT2D eigenvalue weighted by atomic mass is 79.9. The average Bonchev–Trinajstić information content (AvgIpc) is 2.55. The number of carbonyl (C=O) groups excluding carboxylic acids is 3. The van der Waals surface area contributed by atoms with Crippen molar-refractivity contribution in [3.8, 4) is 0 Å². The zero-order chi connectivity index (χ0) is 19.9. The van der Waals surface area contributed by atoms with Crippen LogP contribution in [-0.4, -0.2) is 41.5 Å². The summed E-state index contributed by atoms with van der Waals surface area (Å²) in [5.74, 6) is -2.79. The lowest BCUT2D eigenvalue weighted by molar-refractivity contribution is -0.385. The van der Waals surface area contributed by atoms with E-state index in [4.69, 9.17) is 9.47 Å². The molecule has 0 aliphatic carbocycles. The van der Waals surface area contributed by atoms with Crippen molar-refractivity contribution in [1.29, 1.82) is 0 Å². The standard InChI is InChI=1S/C16H19BrN2O7/c1-4-25-14(21)16(18-10(3)20,15(22)26-5-2)9-11-6-7-12(17)8-13(11)19(23)24/h6-8H,4-5,9H2,1-3H3,(H,18,20). The Morgan fingerprint density at radius 2 is 1.73 bits per heavy atom. The third-order valence-corrected chi connectivity index (χ3v) is 3.83. The van der Waals surface area contributed by atoms with Crippen molar-refractivity contribution >= 4 is 39.5 Å². The number of nitrogens with one attached hydrogen (secondary N) is 1. The SMILES string of the molecule is CCOC(=O)C(Cc1ccc(Br)cc1[N+](=O)[O-])(NC(C)=O)C(=O)OCC. The van der Waals surface area contributed by atoms with Crippen molar-refractivity contribution < 1.29 is 28.8 Å². The molecule has 0 bridgehead atoms. The lowest BCUT2D eigenvalue weighted by atomic mass is 9.89. The number of rotatable bonds is 8. The number of nitrogens with zero attached hydrogens (tertiary/aromatic N) is 1. The molecule has 0 spiro atoms. The molecule has 0 aliphatic heterocycles. The van der Waals surface area contributed by atoms with Gasteiger partial charge in [-0.3, -0.25) is 14.9 Å². The number of halogens is 1. The fraction of sp³-hybridized carbons (Fsp3) is 0.438. The number of benzene rings is 1. The Balaban J connectivity index is 3.53. The van der Waals surface area contributed by atoms with Crippen LogP contribution in [0, 0.1) is 10.1 Å². The second-order valence-corrected chi connectivity index (χ2v) is 6.15. The monoisotopic (exact) mass is 430 g/mol. The number of nitro groups is 1. The molecule has 1 rings (SSSR count). The first-order valence-corrected chi connectivity index (χ1v) is 8.53. The fourth-order valence-electron chi connectivity index (χ4n) is 2.33. The first-order valence-electron chi connectivity index (χ1n) is 7.74. The van der Waals surface area contributed by atoms with Gasteiger partial charge in [-0.1, -0.05) is 22.0 Å². The Labute approximate surface area is 158 Å². The van der Waals surface area contributed by atoms with Crippen LogP contribution in [0.2, 0.25) is 0 Å². The van der Waals surface area contributed by atoms with E-state index in [1.165, 1.54) is 32.0 Å². The summed E-state index contributed by atoms with van der Waals surface area (Å²) < 4.78 is 10.3. The summed E-state index contributed by atoms with van der Waals surface area (Å²) in [5, 5.41) is 13.6. The van der Waals surface area contributed by atoms with Gasteiger partial charge in [-0.05, 0) is 19.9 Å². The Bertz CT molecular complexity index is 703. The molecule has 0 aromatic heterocycles. The van der Waals surface area contributed by atoms with Crippen molar-refractivity contribution in [3.05, 3.63) is 38.3 Å². The summed E-state index contributed by atoms with van der Waals surface area (Å²) in [6, 6.07) is 4.15. The van der Waals surface area contributed by atoms with Gasteiger partial charge in [-0.2, -0.15) is 0 Å². The maximum Gasteiger partial charge on any atom is 0.344 e. The van der Waals surface area contributed by atoms with Crippen molar-refractivity contribution in [2.24, 2.45) is 0 Å². The predicted molar refractivity (Wildman–Crippen MR) is 94.3 cm³/mol. The third-order valence-electron chi connectivity index (χ3n) is 3.34. The van der Waals surface area contributed by atoms with Crippen LogP contribution < -0.4 is 5.32 Å². The highest BCUT2D eigenvalue weighted by molar-refractivity contribution is 9.10. The second kappa shape index (κ2) is 9.27. The number of hydrogen-bond acceptors (Lipinski definition) is 7. The van der Waals surface area contributed by atoms with E-state index < -0.39 is 34.7 Å². The van der Waals surface area contributed by atoms with Gasteiger partial charge in [0.2, 0.25) is 11.4 Å². The third kappa shape index (κ3) is 5.01. The molecule has 0 saturated heterocycles. The molecule has 26 heavy (non-hydrogen) atoms. The van der Waals surface area contributed by atoms with Crippen LogP contribution in [0.1, 0.15) is 26.3 Å².